The van der Waals surface area contributed by atoms with Crippen molar-refractivity contribution < 1.29 is 14.4 Å². The molecule has 1 N–H and O–H groups in total. The Morgan fingerprint density at radius 1 is 1.03 bits per heavy atom. The van der Waals surface area contributed by atoms with Gasteiger partial charge in [0.2, 0.25) is 17.7 Å². The normalized spacial score (nSPS) is 17.5. The van der Waals surface area contributed by atoms with Gasteiger partial charge in [0.05, 0.1) is 18.4 Å². The fraction of sp³-hybridized carbons (Fsp3) is 0.444. The molecule has 2 aromatic rings. The molecule has 2 aliphatic rings. The van der Waals surface area contributed by atoms with Crippen LogP contribution in [0.2, 0.25) is 5.02 Å². The number of hydrogen-bond donors (Lipinski definition) is 1. The summed E-state index contributed by atoms with van der Waals surface area (Å²) < 4.78 is 0. The predicted molar refractivity (Wildman–Crippen MR) is 132 cm³/mol. The van der Waals surface area contributed by atoms with Crippen LogP contribution in [0.3, 0.4) is 0 Å². The summed E-state index contributed by atoms with van der Waals surface area (Å²) in [5.74, 6) is -0.0623. The maximum atomic E-state index is 13.8. The van der Waals surface area contributed by atoms with Crippen LogP contribution in [-0.4, -0.2) is 53.2 Å². The van der Waals surface area contributed by atoms with Crippen molar-refractivity contribution in [1.82, 2.24) is 15.1 Å². The average Bonchev–Trinajstić information content (AvgIpc) is 2.90. The van der Waals surface area contributed by atoms with Gasteiger partial charge < -0.3 is 15.1 Å². The number of amides is 3. The van der Waals surface area contributed by atoms with Crippen LogP contribution in [0, 0.1) is 5.41 Å². The molecular weight excluding hydrogens is 450 g/mol. The molecule has 1 saturated heterocycles. The van der Waals surface area contributed by atoms with E-state index in [1.54, 1.807) is 17.0 Å². The number of rotatable bonds is 5. The monoisotopic (exact) mass is 481 g/mol. The second kappa shape index (κ2) is 10.2. The lowest BCUT2D eigenvalue weighted by Gasteiger charge is -2.42. The van der Waals surface area contributed by atoms with Gasteiger partial charge in [-0.15, -0.1) is 0 Å². The Bertz CT molecular complexity index is 1060. The fourth-order valence-electron chi connectivity index (χ4n) is 5.07. The first-order valence-electron chi connectivity index (χ1n) is 11.9. The van der Waals surface area contributed by atoms with E-state index in [9.17, 15) is 14.4 Å². The standard InChI is InChI=1S/C27H32ClN3O3/c1-19(2)29-24(32)18-31-17-22-6-4-3-5-21(22)16-27(26(31)34)11-13-30(14-12-27)25(33)15-20-7-9-23(28)10-8-20/h3-10,19H,11-18H2,1-2H3,(H,29,32). The number of carbonyl (C=O) groups excluding carboxylic acids is 3. The largest absolute Gasteiger partial charge is 0.352 e. The second-order valence-corrected chi connectivity index (χ2v) is 10.2. The average molecular weight is 482 g/mol. The van der Waals surface area contributed by atoms with Crippen LogP contribution in [0.25, 0.3) is 0 Å². The van der Waals surface area contributed by atoms with Crippen molar-refractivity contribution in [3.63, 3.8) is 0 Å². The molecule has 1 spiro atoms. The number of halogens is 1. The highest BCUT2D eigenvalue weighted by Crippen LogP contribution is 2.40. The first-order chi connectivity index (χ1) is 16.3. The van der Waals surface area contributed by atoms with Crippen LogP contribution in [0.4, 0.5) is 0 Å². The Morgan fingerprint density at radius 2 is 1.68 bits per heavy atom. The number of fused-ring (bicyclic) bond motifs is 1. The van der Waals surface area contributed by atoms with Crippen LogP contribution in [0.15, 0.2) is 48.5 Å². The van der Waals surface area contributed by atoms with Crippen LogP contribution < -0.4 is 5.32 Å². The van der Waals surface area contributed by atoms with Crippen molar-refractivity contribution in [2.45, 2.75) is 52.1 Å². The van der Waals surface area contributed by atoms with Gasteiger partial charge in [-0.1, -0.05) is 48.0 Å². The molecule has 0 unspecified atom stereocenters. The molecular formula is C27H32ClN3O3. The summed E-state index contributed by atoms with van der Waals surface area (Å²) in [4.78, 5) is 42.9. The summed E-state index contributed by atoms with van der Waals surface area (Å²) in [5.41, 5.74) is 2.58. The molecule has 1 fully saturated rings. The molecule has 2 aromatic carbocycles. The molecule has 0 aromatic heterocycles. The van der Waals surface area contributed by atoms with Gasteiger partial charge in [-0.25, -0.2) is 0 Å². The maximum absolute atomic E-state index is 13.8. The van der Waals surface area contributed by atoms with Gasteiger partial charge in [0, 0.05) is 30.7 Å². The predicted octanol–water partition coefficient (Wildman–Crippen LogP) is 3.60. The molecule has 3 amide bonds. The second-order valence-electron chi connectivity index (χ2n) is 9.79. The van der Waals surface area contributed by atoms with Crippen LogP contribution in [0.5, 0.6) is 0 Å². The zero-order valence-electron chi connectivity index (χ0n) is 19.9. The zero-order valence-corrected chi connectivity index (χ0v) is 20.6. The van der Waals surface area contributed by atoms with E-state index in [1.165, 1.54) is 0 Å². The summed E-state index contributed by atoms with van der Waals surface area (Å²) in [5, 5.41) is 3.55. The smallest absolute Gasteiger partial charge is 0.239 e. The quantitative estimate of drug-likeness (QED) is 0.709. The summed E-state index contributed by atoms with van der Waals surface area (Å²) in [6.07, 6.45) is 2.15. The summed E-state index contributed by atoms with van der Waals surface area (Å²) in [6, 6.07) is 15.5. The Kier molecular flexibility index (Phi) is 7.27. The first kappa shape index (κ1) is 24.3. The summed E-state index contributed by atoms with van der Waals surface area (Å²) >= 11 is 5.95. The summed E-state index contributed by atoms with van der Waals surface area (Å²) in [7, 11) is 0. The molecule has 2 heterocycles. The molecule has 7 heteroatoms. The molecule has 0 aliphatic carbocycles. The molecule has 180 valence electrons. The van der Waals surface area contributed by atoms with Crippen molar-refractivity contribution in [3.8, 4) is 0 Å². The van der Waals surface area contributed by atoms with E-state index >= 15 is 0 Å². The molecule has 4 rings (SSSR count). The number of piperidine rings is 1. The van der Waals surface area contributed by atoms with Crippen molar-refractivity contribution in [3.05, 3.63) is 70.2 Å². The molecule has 0 radical (unpaired) electrons. The van der Waals surface area contributed by atoms with Crippen molar-refractivity contribution in [1.29, 1.82) is 0 Å². The van der Waals surface area contributed by atoms with E-state index in [2.05, 4.69) is 11.4 Å². The third kappa shape index (κ3) is 5.44. The van der Waals surface area contributed by atoms with Gasteiger partial charge >= 0.3 is 0 Å². The van der Waals surface area contributed by atoms with Gasteiger partial charge in [-0.2, -0.15) is 0 Å². The highest BCUT2D eigenvalue weighted by molar-refractivity contribution is 6.30. The van der Waals surface area contributed by atoms with E-state index < -0.39 is 5.41 Å². The van der Waals surface area contributed by atoms with E-state index in [-0.39, 0.29) is 30.3 Å². The third-order valence-electron chi connectivity index (χ3n) is 6.88. The number of likely N-dealkylation sites (tertiary alicyclic amines) is 1. The lowest BCUT2D eigenvalue weighted by Crippen LogP contribution is -2.53. The number of benzene rings is 2. The lowest BCUT2D eigenvalue weighted by atomic mass is 9.72. The maximum Gasteiger partial charge on any atom is 0.239 e. The third-order valence-corrected chi connectivity index (χ3v) is 7.13. The number of hydrogen-bond acceptors (Lipinski definition) is 3. The molecule has 0 saturated carbocycles. The van der Waals surface area contributed by atoms with Gasteiger partial charge in [0.15, 0.2) is 0 Å². The van der Waals surface area contributed by atoms with E-state index in [0.29, 0.717) is 50.3 Å². The molecule has 2 aliphatic heterocycles. The summed E-state index contributed by atoms with van der Waals surface area (Å²) in [6.45, 7) is 5.37. The topological polar surface area (TPSA) is 69.7 Å². The molecule has 34 heavy (non-hydrogen) atoms. The Labute approximate surface area is 206 Å². The van der Waals surface area contributed by atoms with Crippen molar-refractivity contribution in [2.24, 2.45) is 5.41 Å². The number of nitrogens with zero attached hydrogens (tertiary/aromatic N) is 2. The number of nitrogens with one attached hydrogen (secondary N) is 1. The van der Waals surface area contributed by atoms with Crippen molar-refractivity contribution >= 4 is 29.3 Å². The van der Waals surface area contributed by atoms with Crippen LogP contribution >= 0.6 is 11.6 Å². The van der Waals surface area contributed by atoms with E-state index in [4.69, 9.17) is 11.6 Å². The van der Waals surface area contributed by atoms with E-state index in [0.717, 1.165) is 16.7 Å². The lowest BCUT2D eigenvalue weighted by molar-refractivity contribution is -0.150. The van der Waals surface area contributed by atoms with Gasteiger partial charge in [-0.05, 0) is 61.9 Å². The van der Waals surface area contributed by atoms with Gasteiger partial charge in [-0.3, -0.25) is 14.4 Å². The Morgan fingerprint density at radius 3 is 2.32 bits per heavy atom. The minimum Gasteiger partial charge on any atom is -0.352 e. The van der Waals surface area contributed by atoms with E-state index in [1.807, 2.05) is 49.1 Å². The SMILES string of the molecule is CC(C)NC(=O)CN1Cc2ccccc2CC2(CCN(C(=O)Cc3ccc(Cl)cc3)CC2)C1=O. The Balaban J connectivity index is 1.50. The molecule has 0 bridgehead atoms. The zero-order chi connectivity index (χ0) is 24.3. The fourth-order valence-corrected chi connectivity index (χ4v) is 5.20. The van der Waals surface area contributed by atoms with Crippen LogP contribution in [0.1, 0.15) is 43.4 Å². The van der Waals surface area contributed by atoms with Crippen LogP contribution in [-0.2, 0) is 33.8 Å². The minimum atomic E-state index is -0.595. The van der Waals surface area contributed by atoms with Gasteiger partial charge in [0.25, 0.3) is 0 Å². The molecule has 6 nitrogen and oxygen atoms in total. The molecule has 0 atom stereocenters. The number of carbonyl (C=O) groups is 3. The highest BCUT2D eigenvalue weighted by atomic mass is 35.5. The Hall–Kier alpha value is -2.86. The van der Waals surface area contributed by atoms with Crippen molar-refractivity contribution in [2.75, 3.05) is 19.6 Å². The minimum absolute atomic E-state index is 0.0192. The van der Waals surface area contributed by atoms with Gasteiger partial charge in [0.1, 0.15) is 0 Å². The first-order valence-corrected chi connectivity index (χ1v) is 12.3. The highest BCUT2D eigenvalue weighted by Gasteiger charge is 2.46.